The number of nitrogens with zero attached hydrogens (tertiary/aromatic N) is 2. The average molecular weight is 264 g/mol. The molecule has 2 heterocycles. The number of carbonyl (C=O) groups is 1. The number of halogens is 1. The SMILES string of the molecule is COC(=O)c1cnc(Nc2ccncc2)c(Cl)c1. The van der Waals surface area contributed by atoms with Crippen molar-refractivity contribution in [2.75, 3.05) is 12.4 Å². The normalized spacial score (nSPS) is 9.89. The molecule has 1 N–H and O–H groups in total. The van der Waals surface area contributed by atoms with Crippen molar-refractivity contribution in [3.63, 3.8) is 0 Å². The highest BCUT2D eigenvalue weighted by Gasteiger charge is 2.10. The van der Waals surface area contributed by atoms with Crippen molar-refractivity contribution in [2.45, 2.75) is 0 Å². The molecule has 0 saturated carbocycles. The fourth-order valence-electron chi connectivity index (χ4n) is 1.33. The maximum absolute atomic E-state index is 11.3. The van der Waals surface area contributed by atoms with Crippen LogP contribution in [0.4, 0.5) is 11.5 Å². The number of esters is 1. The monoisotopic (exact) mass is 263 g/mol. The molecule has 0 atom stereocenters. The zero-order valence-electron chi connectivity index (χ0n) is 9.55. The highest BCUT2D eigenvalue weighted by atomic mass is 35.5. The summed E-state index contributed by atoms with van der Waals surface area (Å²) in [7, 11) is 1.30. The van der Waals surface area contributed by atoms with Crippen molar-refractivity contribution in [3.8, 4) is 0 Å². The third kappa shape index (κ3) is 2.75. The molecule has 0 fully saturated rings. The maximum Gasteiger partial charge on any atom is 0.339 e. The zero-order valence-corrected chi connectivity index (χ0v) is 10.3. The number of nitrogens with one attached hydrogen (secondary N) is 1. The predicted octanol–water partition coefficient (Wildman–Crippen LogP) is 2.66. The van der Waals surface area contributed by atoms with Crippen LogP contribution in [0.3, 0.4) is 0 Å². The van der Waals surface area contributed by atoms with Crippen LogP contribution in [-0.4, -0.2) is 23.0 Å². The maximum atomic E-state index is 11.3. The number of hydrogen-bond acceptors (Lipinski definition) is 5. The molecule has 18 heavy (non-hydrogen) atoms. The Morgan fingerprint density at radius 1 is 1.39 bits per heavy atom. The third-order valence-electron chi connectivity index (χ3n) is 2.21. The molecular weight excluding hydrogens is 254 g/mol. The summed E-state index contributed by atoms with van der Waals surface area (Å²) in [6, 6.07) is 5.07. The second-order valence-electron chi connectivity index (χ2n) is 3.41. The molecular formula is C12H10ClN3O2. The molecule has 0 aliphatic heterocycles. The van der Waals surface area contributed by atoms with Gasteiger partial charge in [-0.1, -0.05) is 11.6 Å². The van der Waals surface area contributed by atoms with Gasteiger partial charge in [0.05, 0.1) is 17.7 Å². The predicted molar refractivity (Wildman–Crippen MR) is 68.1 cm³/mol. The van der Waals surface area contributed by atoms with Gasteiger partial charge in [0.2, 0.25) is 0 Å². The number of rotatable bonds is 3. The van der Waals surface area contributed by atoms with E-state index in [2.05, 4.69) is 20.0 Å². The van der Waals surface area contributed by atoms with Crippen LogP contribution in [0.2, 0.25) is 5.02 Å². The number of methoxy groups -OCH3 is 1. The Morgan fingerprint density at radius 3 is 2.72 bits per heavy atom. The Balaban J connectivity index is 2.23. The van der Waals surface area contributed by atoms with Gasteiger partial charge in [0.1, 0.15) is 5.82 Å². The van der Waals surface area contributed by atoms with E-state index in [4.69, 9.17) is 11.6 Å². The van der Waals surface area contributed by atoms with Gasteiger partial charge in [-0.15, -0.1) is 0 Å². The lowest BCUT2D eigenvalue weighted by Gasteiger charge is -2.07. The third-order valence-corrected chi connectivity index (χ3v) is 2.49. The summed E-state index contributed by atoms with van der Waals surface area (Å²) in [5.74, 6) is -0.00428. The summed E-state index contributed by atoms with van der Waals surface area (Å²) in [5, 5.41) is 3.36. The number of ether oxygens (including phenoxy) is 1. The lowest BCUT2D eigenvalue weighted by Crippen LogP contribution is -2.03. The Hall–Kier alpha value is -2.14. The van der Waals surface area contributed by atoms with E-state index in [0.717, 1.165) is 5.69 Å². The molecule has 2 rings (SSSR count). The molecule has 0 amide bonds. The van der Waals surface area contributed by atoms with Crippen LogP contribution in [-0.2, 0) is 4.74 Å². The minimum Gasteiger partial charge on any atom is -0.465 e. The Morgan fingerprint density at radius 2 is 2.11 bits per heavy atom. The summed E-state index contributed by atoms with van der Waals surface area (Å²) < 4.78 is 4.58. The van der Waals surface area contributed by atoms with Crippen LogP contribution in [0.25, 0.3) is 0 Å². The summed E-state index contributed by atoms with van der Waals surface area (Å²) in [5.41, 5.74) is 1.12. The van der Waals surface area contributed by atoms with E-state index < -0.39 is 5.97 Å². The van der Waals surface area contributed by atoms with Gasteiger partial charge in [-0.05, 0) is 18.2 Å². The van der Waals surface area contributed by atoms with Gasteiger partial charge >= 0.3 is 5.97 Å². The molecule has 0 aliphatic rings. The molecule has 0 unspecified atom stereocenters. The minimum absolute atomic E-state index is 0.308. The van der Waals surface area contributed by atoms with Crippen molar-refractivity contribution in [3.05, 3.63) is 47.4 Å². The van der Waals surface area contributed by atoms with Crippen molar-refractivity contribution in [1.29, 1.82) is 0 Å². The van der Waals surface area contributed by atoms with Gasteiger partial charge in [0.15, 0.2) is 0 Å². The van der Waals surface area contributed by atoms with Crippen molar-refractivity contribution >= 4 is 29.1 Å². The van der Waals surface area contributed by atoms with Crippen LogP contribution in [0.5, 0.6) is 0 Å². The van der Waals surface area contributed by atoms with Crippen LogP contribution < -0.4 is 5.32 Å². The lowest BCUT2D eigenvalue weighted by atomic mass is 10.3. The van der Waals surface area contributed by atoms with Crippen molar-refractivity contribution in [1.82, 2.24) is 9.97 Å². The summed E-state index contributed by atoms with van der Waals surface area (Å²) in [4.78, 5) is 19.3. The Bertz CT molecular complexity index is 561. The lowest BCUT2D eigenvalue weighted by molar-refractivity contribution is 0.0600. The molecule has 0 spiro atoms. The molecule has 0 aromatic carbocycles. The number of anilines is 2. The van der Waals surface area contributed by atoms with E-state index in [-0.39, 0.29) is 0 Å². The average Bonchev–Trinajstić information content (AvgIpc) is 2.41. The molecule has 2 aromatic rings. The van der Waals surface area contributed by atoms with E-state index in [1.54, 1.807) is 24.5 Å². The van der Waals surface area contributed by atoms with Gasteiger partial charge in [0.25, 0.3) is 0 Å². The minimum atomic E-state index is -0.472. The van der Waals surface area contributed by atoms with Crippen LogP contribution >= 0.6 is 11.6 Å². The van der Waals surface area contributed by atoms with Crippen LogP contribution in [0.1, 0.15) is 10.4 Å². The molecule has 2 aromatic heterocycles. The first-order valence-corrected chi connectivity index (χ1v) is 5.49. The molecule has 0 saturated heterocycles. The fraction of sp³-hybridized carbons (Fsp3) is 0.0833. The van der Waals surface area contributed by atoms with Crippen LogP contribution in [0, 0.1) is 0 Å². The van der Waals surface area contributed by atoms with Crippen LogP contribution in [0.15, 0.2) is 36.8 Å². The number of carbonyl (C=O) groups excluding carboxylic acids is 1. The topological polar surface area (TPSA) is 64.1 Å². The first kappa shape index (κ1) is 12.3. The molecule has 0 radical (unpaired) electrons. The molecule has 92 valence electrons. The smallest absolute Gasteiger partial charge is 0.339 e. The van der Waals surface area contributed by atoms with E-state index in [1.165, 1.54) is 19.4 Å². The second-order valence-corrected chi connectivity index (χ2v) is 3.81. The summed E-state index contributed by atoms with van der Waals surface area (Å²) >= 11 is 6.03. The standard InChI is InChI=1S/C12H10ClN3O2/c1-18-12(17)8-6-10(13)11(15-7-8)16-9-2-4-14-5-3-9/h2-7H,1H3,(H,14,15,16). The molecule has 0 aliphatic carbocycles. The van der Waals surface area contributed by atoms with Gasteiger partial charge in [-0.2, -0.15) is 0 Å². The first-order chi connectivity index (χ1) is 8.70. The van der Waals surface area contributed by atoms with Gasteiger partial charge < -0.3 is 10.1 Å². The Labute approximate surface area is 109 Å². The highest BCUT2D eigenvalue weighted by Crippen LogP contribution is 2.23. The molecule has 6 heteroatoms. The largest absolute Gasteiger partial charge is 0.465 e. The van der Waals surface area contributed by atoms with Crippen molar-refractivity contribution in [2.24, 2.45) is 0 Å². The van der Waals surface area contributed by atoms with E-state index in [9.17, 15) is 4.79 Å². The van der Waals surface area contributed by atoms with E-state index >= 15 is 0 Å². The van der Waals surface area contributed by atoms with E-state index in [0.29, 0.717) is 16.4 Å². The zero-order chi connectivity index (χ0) is 13.0. The fourth-order valence-corrected chi connectivity index (χ4v) is 1.54. The quantitative estimate of drug-likeness (QED) is 0.863. The molecule has 5 nitrogen and oxygen atoms in total. The Kier molecular flexibility index (Phi) is 3.74. The van der Waals surface area contributed by atoms with Gasteiger partial charge in [0, 0.05) is 24.3 Å². The summed E-state index contributed by atoms with van der Waals surface area (Å²) in [6.07, 6.45) is 4.71. The number of pyridine rings is 2. The number of aromatic nitrogens is 2. The molecule has 0 bridgehead atoms. The summed E-state index contributed by atoms with van der Waals surface area (Å²) in [6.45, 7) is 0. The van der Waals surface area contributed by atoms with E-state index in [1.807, 2.05) is 0 Å². The number of hydrogen-bond donors (Lipinski definition) is 1. The first-order valence-electron chi connectivity index (χ1n) is 5.11. The van der Waals surface area contributed by atoms with Gasteiger partial charge in [-0.3, -0.25) is 4.98 Å². The van der Waals surface area contributed by atoms with Crippen molar-refractivity contribution < 1.29 is 9.53 Å². The second kappa shape index (κ2) is 5.46. The van der Waals surface area contributed by atoms with Gasteiger partial charge in [-0.25, -0.2) is 9.78 Å². The highest BCUT2D eigenvalue weighted by molar-refractivity contribution is 6.33.